The van der Waals surface area contributed by atoms with Gasteiger partial charge in [-0.15, -0.1) is 0 Å². The minimum absolute atomic E-state index is 0.249. The molecule has 0 spiro atoms. The van der Waals surface area contributed by atoms with E-state index in [2.05, 4.69) is 33.4 Å². The number of hydrogen-bond acceptors (Lipinski definition) is 2. The first-order chi connectivity index (χ1) is 9.13. The molecule has 3 nitrogen and oxygen atoms in total. The van der Waals surface area contributed by atoms with E-state index < -0.39 is 0 Å². The van der Waals surface area contributed by atoms with Crippen molar-refractivity contribution in [2.45, 2.75) is 30.7 Å². The van der Waals surface area contributed by atoms with Gasteiger partial charge in [-0.25, -0.2) is 0 Å². The summed E-state index contributed by atoms with van der Waals surface area (Å²) >= 11 is 3.50. The summed E-state index contributed by atoms with van der Waals surface area (Å²) in [5.41, 5.74) is 0.908. The molecular weight excluding hydrogens is 304 g/mol. The molecule has 102 valence electrons. The third-order valence-electron chi connectivity index (χ3n) is 4.44. The van der Waals surface area contributed by atoms with Crippen molar-refractivity contribution in [3.8, 4) is 0 Å². The van der Waals surface area contributed by atoms with E-state index in [-0.39, 0.29) is 5.41 Å². The van der Waals surface area contributed by atoms with Crippen molar-refractivity contribution in [3.05, 3.63) is 34.3 Å². The summed E-state index contributed by atoms with van der Waals surface area (Å²) in [6, 6.07) is 8.55. The van der Waals surface area contributed by atoms with Gasteiger partial charge in [-0.1, -0.05) is 28.1 Å². The van der Waals surface area contributed by atoms with Gasteiger partial charge in [0.1, 0.15) is 0 Å². The molecule has 1 unspecified atom stereocenters. The number of rotatable bonds is 3. The highest BCUT2D eigenvalue weighted by Gasteiger charge is 2.53. The van der Waals surface area contributed by atoms with E-state index in [0.29, 0.717) is 11.9 Å². The lowest BCUT2D eigenvalue weighted by atomic mass is 9.94. The molecule has 0 bridgehead atoms. The van der Waals surface area contributed by atoms with E-state index in [9.17, 15) is 4.79 Å². The van der Waals surface area contributed by atoms with Gasteiger partial charge < -0.3 is 10.2 Å². The summed E-state index contributed by atoms with van der Waals surface area (Å²) in [5.74, 6) is 0.291. The summed E-state index contributed by atoms with van der Waals surface area (Å²) < 4.78 is 1.05. The summed E-state index contributed by atoms with van der Waals surface area (Å²) in [6.07, 6.45) is 3.02. The zero-order valence-electron chi connectivity index (χ0n) is 11.2. The molecule has 1 heterocycles. The molecule has 4 heteroatoms. The zero-order valence-corrected chi connectivity index (χ0v) is 12.7. The van der Waals surface area contributed by atoms with Crippen molar-refractivity contribution in [1.82, 2.24) is 10.2 Å². The highest BCUT2D eigenvalue weighted by Crippen LogP contribution is 2.50. The molecule has 1 saturated heterocycles. The number of benzene rings is 1. The minimum atomic E-state index is -0.249. The lowest BCUT2D eigenvalue weighted by Crippen LogP contribution is -2.44. The molecule has 1 N–H and O–H groups in total. The van der Waals surface area contributed by atoms with Crippen molar-refractivity contribution in [2.24, 2.45) is 0 Å². The minimum Gasteiger partial charge on any atom is -0.341 e. The second-order valence-corrected chi connectivity index (χ2v) is 6.57. The molecule has 1 atom stereocenters. The van der Waals surface area contributed by atoms with Gasteiger partial charge in [-0.05, 0) is 43.5 Å². The monoisotopic (exact) mass is 322 g/mol. The number of carbonyl (C=O) groups excluding carboxylic acids is 1. The van der Waals surface area contributed by atoms with Crippen LogP contribution in [0.3, 0.4) is 0 Å². The Morgan fingerprint density at radius 2 is 2.26 bits per heavy atom. The second-order valence-electron chi connectivity index (χ2n) is 5.66. The van der Waals surface area contributed by atoms with Gasteiger partial charge in [0.25, 0.3) is 0 Å². The third-order valence-corrected chi connectivity index (χ3v) is 4.93. The fraction of sp³-hybridized carbons (Fsp3) is 0.533. The quantitative estimate of drug-likeness (QED) is 0.926. The van der Waals surface area contributed by atoms with Crippen LogP contribution in [0.5, 0.6) is 0 Å². The van der Waals surface area contributed by atoms with Crippen LogP contribution in [0.1, 0.15) is 24.8 Å². The van der Waals surface area contributed by atoms with Crippen LogP contribution in [-0.4, -0.2) is 37.0 Å². The standard InChI is InChI=1S/C15H19BrN2O/c1-18(13-5-8-17-10-13)14(19)15(6-7-15)11-3-2-4-12(16)9-11/h2-4,9,13,17H,5-8,10H2,1H3. The Morgan fingerprint density at radius 1 is 1.47 bits per heavy atom. The van der Waals surface area contributed by atoms with Gasteiger partial charge in [-0.2, -0.15) is 0 Å². The van der Waals surface area contributed by atoms with Crippen LogP contribution in [0.15, 0.2) is 28.7 Å². The van der Waals surface area contributed by atoms with Crippen LogP contribution in [0, 0.1) is 0 Å². The van der Waals surface area contributed by atoms with Crippen molar-refractivity contribution in [2.75, 3.05) is 20.1 Å². The molecule has 3 rings (SSSR count). The van der Waals surface area contributed by atoms with Crippen LogP contribution in [0.25, 0.3) is 0 Å². The Bertz CT molecular complexity index is 493. The van der Waals surface area contributed by atoms with E-state index in [1.165, 1.54) is 0 Å². The van der Waals surface area contributed by atoms with Crippen molar-refractivity contribution >= 4 is 21.8 Å². The molecular formula is C15H19BrN2O. The number of halogens is 1. The Labute approximate surface area is 122 Å². The molecule has 0 aromatic heterocycles. The first-order valence-electron chi connectivity index (χ1n) is 6.87. The number of likely N-dealkylation sites (N-methyl/N-ethyl adjacent to an activating group) is 1. The molecule has 1 aliphatic heterocycles. The van der Waals surface area contributed by atoms with Crippen LogP contribution in [0.4, 0.5) is 0 Å². The molecule has 2 fully saturated rings. The number of amides is 1. The smallest absolute Gasteiger partial charge is 0.233 e. The predicted octanol–water partition coefficient (Wildman–Crippen LogP) is 2.30. The summed E-state index contributed by atoms with van der Waals surface area (Å²) in [5, 5.41) is 3.33. The molecule has 1 amide bonds. The SMILES string of the molecule is CN(C(=O)C1(c2cccc(Br)c2)CC1)C1CCNC1. The van der Waals surface area contributed by atoms with Gasteiger partial charge >= 0.3 is 0 Å². The number of hydrogen-bond donors (Lipinski definition) is 1. The summed E-state index contributed by atoms with van der Waals surface area (Å²) in [7, 11) is 1.96. The molecule has 1 aliphatic carbocycles. The molecule has 19 heavy (non-hydrogen) atoms. The fourth-order valence-corrected chi connectivity index (χ4v) is 3.41. The lowest BCUT2D eigenvalue weighted by molar-refractivity contribution is -0.134. The number of nitrogens with one attached hydrogen (secondary N) is 1. The average molecular weight is 323 g/mol. The molecule has 0 radical (unpaired) electrons. The molecule has 1 aromatic rings. The van der Waals surface area contributed by atoms with Gasteiger partial charge in [-0.3, -0.25) is 4.79 Å². The summed E-state index contributed by atoms with van der Waals surface area (Å²) in [4.78, 5) is 14.8. The Kier molecular flexibility index (Phi) is 3.39. The maximum atomic E-state index is 12.8. The third kappa shape index (κ3) is 2.32. The van der Waals surface area contributed by atoms with Crippen LogP contribution in [0.2, 0.25) is 0 Å². The predicted molar refractivity (Wildman–Crippen MR) is 79.1 cm³/mol. The lowest BCUT2D eigenvalue weighted by Gasteiger charge is -2.28. The van der Waals surface area contributed by atoms with Crippen molar-refractivity contribution in [1.29, 1.82) is 0 Å². The van der Waals surface area contributed by atoms with E-state index in [4.69, 9.17) is 0 Å². The zero-order chi connectivity index (χ0) is 13.5. The fourth-order valence-electron chi connectivity index (χ4n) is 3.01. The number of nitrogens with zero attached hydrogens (tertiary/aromatic N) is 1. The highest BCUT2D eigenvalue weighted by molar-refractivity contribution is 9.10. The van der Waals surface area contributed by atoms with Gasteiger partial charge in [0.05, 0.1) is 5.41 Å². The maximum Gasteiger partial charge on any atom is 0.233 e. The Balaban J connectivity index is 1.82. The van der Waals surface area contributed by atoms with Gasteiger partial charge in [0.15, 0.2) is 0 Å². The van der Waals surface area contributed by atoms with Crippen LogP contribution < -0.4 is 5.32 Å². The molecule has 2 aliphatic rings. The van der Waals surface area contributed by atoms with E-state index in [1.54, 1.807) is 0 Å². The Hall–Kier alpha value is -0.870. The maximum absolute atomic E-state index is 12.8. The normalized spacial score (nSPS) is 24.2. The largest absolute Gasteiger partial charge is 0.341 e. The van der Waals surface area contributed by atoms with E-state index in [1.807, 2.05) is 24.1 Å². The van der Waals surface area contributed by atoms with Gasteiger partial charge in [0, 0.05) is 24.1 Å². The van der Waals surface area contributed by atoms with Gasteiger partial charge in [0.2, 0.25) is 5.91 Å². The highest BCUT2D eigenvalue weighted by atomic mass is 79.9. The molecule has 1 aromatic carbocycles. The average Bonchev–Trinajstić information content (AvgIpc) is 3.05. The summed E-state index contributed by atoms with van der Waals surface area (Å²) in [6.45, 7) is 1.95. The first-order valence-corrected chi connectivity index (χ1v) is 7.67. The van der Waals surface area contributed by atoms with E-state index >= 15 is 0 Å². The molecule has 1 saturated carbocycles. The topological polar surface area (TPSA) is 32.3 Å². The second kappa shape index (κ2) is 4.91. The van der Waals surface area contributed by atoms with Crippen LogP contribution >= 0.6 is 15.9 Å². The first kappa shape index (κ1) is 13.1. The Morgan fingerprint density at radius 3 is 2.84 bits per heavy atom. The van der Waals surface area contributed by atoms with Crippen molar-refractivity contribution in [3.63, 3.8) is 0 Å². The van der Waals surface area contributed by atoms with Crippen molar-refractivity contribution < 1.29 is 4.79 Å². The van der Waals surface area contributed by atoms with E-state index in [0.717, 1.165) is 42.4 Å². The van der Waals surface area contributed by atoms with Crippen LogP contribution in [-0.2, 0) is 10.2 Å². The number of carbonyl (C=O) groups is 1.